The molecule has 0 radical (unpaired) electrons. The largest absolute Gasteiger partial charge is 0.445 e. The van der Waals surface area contributed by atoms with Gasteiger partial charge in [0, 0.05) is 19.0 Å². The molecule has 0 aromatic carbocycles. The molecule has 0 saturated carbocycles. The standard InChI is InChI=1S/C19H33N3O3S3/c1-9-10-11-14-16(27-17(26-14)20-13(4)5)21-25-18(24)22(8)28-19(6,7)15(23)12(2)3/h12-14H,9-11H2,1-8H3. The number of hydrogen-bond acceptors (Lipinski definition) is 8. The van der Waals surface area contributed by atoms with Crippen LogP contribution in [-0.4, -0.2) is 48.7 Å². The molecule has 0 aromatic heterocycles. The SMILES string of the molecule is CCCCC1SC(=NC(C)C)SC1=NOC(=O)N(C)SC(C)(C)C(=O)C(C)C. The number of rotatable bonds is 9. The van der Waals surface area contributed by atoms with E-state index in [2.05, 4.69) is 17.1 Å². The van der Waals surface area contributed by atoms with E-state index in [4.69, 9.17) is 4.84 Å². The molecule has 1 saturated heterocycles. The first-order chi connectivity index (χ1) is 13.0. The summed E-state index contributed by atoms with van der Waals surface area (Å²) in [6.07, 6.45) is 2.57. The van der Waals surface area contributed by atoms with E-state index in [0.29, 0.717) is 0 Å². The quantitative estimate of drug-likeness (QED) is 0.252. The minimum Gasteiger partial charge on any atom is -0.298 e. The van der Waals surface area contributed by atoms with E-state index in [1.54, 1.807) is 18.8 Å². The van der Waals surface area contributed by atoms with Gasteiger partial charge in [-0.05, 0) is 57.8 Å². The molecule has 0 bridgehead atoms. The lowest BCUT2D eigenvalue weighted by Gasteiger charge is -2.28. The smallest absolute Gasteiger partial charge is 0.298 e. The number of carbonyl (C=O) groups excluding carboxylic acids is 2. The molecule has 1 rings (SSSR count). The van der Waals surface area contributed by atoms with E-state index >= 15 is 0 Å². The van der Waals surface area contributed by atoms with Crippen molar-refractivity contribution in [2.24, 2.45) is 16.1 Å². The fourth-order valence-electron chi connectivity index (χ4n) is 2.53. The highest BCUT2D eigenvalue weighted by Crippen LogP contribution is 2.39. The zero-order chi connectivity index (χ0) is 21.5. The minimum absolute atomic E-state index is 0.0837. The molecule has 1 aliphatic rings. The first kappa shape index (κ1) is 25.4. The monoisotopic (exact) mass is 447 g/mol. The van der Waals surface area contributed by atoms with Gasteiger partial charge in [-0.15, -0.1) is 0 Å². The number of unbranched alkanes of at least 4 members (excludes halogenated alkanes) is 1. The van der Waals surface area contributed by atoms with E-state index in [-0.39, 0.29) is 23.0 Å². The van der Waals surface area contributed by atoms with Gasteiger partial charge < -0.3 is 0 Å². The summed E-state index contributed by atoms with van der Waals surface area (Å²) in [5, 5.41) is 5.09. The highest BCUT2D eigenvalue weighted by atomic mass is 32.2. The van der Waals surface area contributed by atoms with Gasteiger partial charge in [-0.3, -0.25) is 18.9 Å². The molecular formula is C19H33N3O3S3. The maximum atomic E-state index is 12.4. The van der Waals surface area contributed by atoms with Crippen LogP contribution < -0.4 is 0 Å². The van der Waals surface area contributed by atoms with Crippen molar-refractivity contribution >= 4 is 56.8 Å². The second kappa shape index (κ2) is 11.5. The van der Waals surface area contributed by atoms with Crippen LogP contribution in [-0.2, 0) is 9.63 Å². The summed E-state index contributed by atoms with van der Waals surface area (Å²) >= 11 is 4.33. The van der Waals surface area contributed by atoms with Crippen molar-refractivity contribution in [1.82, 2.24) is 4.31 Å². The fraction of sp³-hybridized carbons (Fsp3) is 0.789. The molecule has 1 fully saturated rings. The number of ketones is 1. The van der Waals surface area contributed by atoms with Gasteiger partial charge in [0.05, 0.1) is 10.00 Å². The second-order valence-corrected chi connectivity index (χ2v) is 12.0. The molecule has 0 N–H and O–H groups in total. The van der Waals surface area contributed by atoms with Crippen molar-refractivity contribution in [3.8, 4) is 0 Å². The topological polar surface area (TPSA) is 71.3 Å². The van der Waals surface area contributed by atoms with Crippen LogP contribution in [0.2, 0.25) is 0 Å². The first-order valence-electron chi connectivity index (χ1n) is 9.66. The van der Waals surface area contributed by atoms with Crippen molar-refractivity contribution < 1.29 is 14.4 Å². The molecule has 0 spiro atoms. The molecule has 9 heteroatoms. The Labute approximate surface area is 182 Å². The van der Waals surface area contributed by atoms with Crippen LogP contribution in [0.3, 0.4) is 0 Å². The van der Waals surface area contributed by atoms with Gasteiger partial charge in [0.15, 0.2) is 5.78 Å². The summed E-state index contributed by atoms with van der Waals surface area (Å²) in [6, 6.07) is 0.215. The molecular weight excluding hydrogens is 414 g/mol. The third-order valence-electron chi connectivity index (χ3n) is 3.85. The Hall–Kier alpha value is -0.670. The Bertz CT molecular complexity index is 619. The van der Waals surface area contributed by atoms with Crippen LogP contribution in [0.5, 0.6) is 0 Å². The van der Waals surface area contributed by atoms with Gasteiger partial charge in [-0.2, -0.15) is 0 Å². The normalized spacial score (nSPS) is 20.4. The predicted octanol–water partition coefficient (Wildman–Crippen LogP) is 5.82. The number of Topliss-reactive ketones (excluding diaryl/α,β-unsaturated/α-hetero) is 1. The summed E-state index contributed by atoms with van der Waals surface area (Å²) in [5.74, 6) is -0.0163. The van der Waals surface area contributed by atoms with E-state index in [1.165, 1.54) is 16.1 Å². The lowest BCUT2D eigenvalue weighted by atomic mass is 9.98. The number of nitrogens with zero attached hydrogens (tertiary/aromatic N) is 3. The molecule has 0 aromatic rings. The third-order valence-corrected chi connectivity index (χ3v) is 7.51. The maximum absolute atomic E-state index is 12.4. The summed E-state index contributed by atoms with van der Waals surface area (Å²) in [6.45, 7) is 13.6. The van der Waals surface area contributed by atoms with Gasteiger partial charge in [0.1, 0.15) is 9.42 Å². The highest BCUT2D eigenvalue weighted by molar-refractivity contribution is 8.49. The summed E-state index contributed by atoms with van der Waals surface area (Å²) < 4.78 is 1.59. The maximum Gasteiger partial charge on any atom is 0.445 e. The molecule has 6 nitrogen and oxygen atoms in total. The summed E-state index contributed by atoms with van der Waals surface area (Å²) in [7, 11) is 1.60. The van der Waals surface area contributed by atoms with Crippen molar-refractivity contribution in [2.45, 2.75) is 83.8 Å². The fourth-order valence-corrected chi connectivity index (χ4v) is 6.44. The van der Waals surface area contributed by atoms with Crippen LogP contribution in [0.4, 0.5) is 4.79 Å². The first-order valence-corrected chi connectivity index (χ1v) is 12.1. The average Bonchev–Trinajstić information content (AvgIpc) is 2.97. The van der Waals surface area contributed by atoms with Gasteiger partial charge in [-0.25, -0.2) is 4.79 Å². The zero-order valence-electron chi connectivity index (χ0n) is 18.1. The molecule has 1 amide bonds. The van der Waals surface area contributed by atoms with Crippen LogP contribution in [0.25, 0.3) is 0 Å². The lowest BCUT2D eigenvalue weighted by molar-refractivity contribution is -0.123. The average molecular weight is 448 g/mol. The molecule has 1 atom stereocenters. The number of aliphatic imine (C=N–C) groups is 1. The molecule has 1 unspecified atom stereocenters. The number of oxime groups is 1. The van der Waals surface area contributed by atoms with Crippen molar-refractivity contribution in [1.29, 1.82) is 0 Å². The van der Waals surface area contributed by atoms with Gasteiger partial charge in [0.25, 0.3) is 0 Å². The van der Waals surface area contributed by atoms with E-state index in [0.717, 1.165) is 40.6 Å². The number of thioether (sulfide) groups is 2. The molecule has 28 heavy (non-hydrogen) atoms. The Kier molecular flexibility index (Phi) is 10.4. The van der Waals surface area contributed by atoms with Crippen LogP contribution in [0.15, 0.2) is 10.1 Å². The highest BCUT2D eigenvalue weighted by Gasteiger charge is 2.34. The Morgan fingerprint density at radius 2 is 1.93 bits per heavy atom. The van der Waals surface area contributed by atoms with E-state index < -0.39 is 10.8 Å². The zero-order valence-corrected chi connectivity index (χ0v) is 20.6. The van der Waals surface area contributed by atoms with Crippen LogP contribution in [0, 0.1) is 5.92 Å². The third kappa shape index (κ3) is 7.99. The Morgan fingerprint density at radius 3 is 2.46 bits per heavy atom. The molecule has 160 valence electrons. The van der Waals surface area contributed by atoms with Gasteiger partial charge in [-0.1, -0.05) is 50.5 Å². The molecule has 1 heterocycles. The number of carbonyl (C=O) groups is 2. The molecule has 1 aliphatic heterocycles. The minimum atomic E-state index is -0.714. The number of hydrogen-bond donors (Lipinski definition) is 0. The number of amides is 1. The summed E-state index contributed by atoms with van der Waals surface area (Å²) in [4.78, 5) is 34.5. The lowest BCUT2D eigenvalue weighted by Crippen LogP contribution is -2.36. The Balaban J connectivity index is 2.77. The summed E-state index contributed by atoms with van der Waals surface area (Å²) in [5.41, 5.74) is 0. The van der Waals surface area contributed by atoms with Crippen LogP contribution in [0.1, 0.15) is 67.7 Å². The van der Waals surface area contributed by atoms with Crippen LogP contribution >= 0.6 is 35.5 Å². The van der Waals surface area contributed by atoms with Crippen molar-refractivity contribution in [3.63, 3.8) is 0 Å². The Morgan fingerprint density at radius 1 is 1.29 bits per heavy atom. The van der Waals surface area contributed by atoms with Crippen molar-refractivity contribution in [2.75, 3.05) is 7.05 Å². The predicted molar refractivity (Wildman–Crippen MR) is 124 cm³/mol. The van der Waals surface area contributed by atoms with Gasteiger partial charge in [0.2, 0.25) is 0 Å². The second-order valence-electron chi connectivity index (χ2n) is 7.74. The molecule has 0 aliphatic carbocycles. The van der Waals surface area contributed by atoms with Crippen molar-refractivity contribution in [3.05, 3.63) is 0 Å². The van der Waals surface area contributed by atoms with Gasteiger partial charge >= 0.3 is 6.09 Å². The van der Waals surface area contributed by atoms with E-state index in [9.17, 15) is 9.59 Å². The van der Waals surface area contributed by atoms with E-state index in [1.807, 2.05) is 41.5 Å².